The van der Waals surface area contributed by atoms with E-state index in [2.05, 4.69) is 47.7 Å². The second kappa shape index (κ2) is 5.48. The third-order valence-corrected chi connectivity index (χ3v) is 3.59. The fourth-order valence-electron chi connectivity index (χ4n) is 2.06. The van der Waals surface area contributed by atoms with E-state index in [0.717, 1.165) is 34.2 Å². The van der Waals surface area contributed by atoms with Crippen molar-refractivity contribution in [3.63, 3.8) is 0 Å². The monoisotopic (exact) mass is 261 g/mol. The lowest BCUT2D eigenvalue weighted by Gasteiger charge is -2.24. The first-order valence-corrected chi connectivity index (χ1v) is 6.74. The Kier molecular flexibility index (Phi) is 3.97. The number of unbranched alkanes of at least 4 members (excludes halogenated alkanes) is 1. The minimum absolute atomic E-state index is 0.847. The molecule has 3 nitrogen and oxygen atoms in total. The molecule has 96 valence electrons. The van der Waals surface area contributed by atoms with Gasteiger partial charge >= 0.3 is 0 Å². The quantitative estimate of drug-likeness (QED) is 0.787. The predicted octanol–water partition coefficient (Wildman–Crippen LogP) is 3.44. The highest BCUT2D eigenvalue weighted by Gasteiger charge is 2.08. The fourth-order valence-corrected chi connectivity index (χ4v) is 2.35. The zero-order valence-corrected chi connectivity index (χ0v) is 12.0. The summed E-state index contributed by atoms with van der Waals surface area (Å²) in [5.41, 5.74) is 2.06. The van der Waals surface area contributed by atoms with Gasteiger partial charge in [0.2, 0.25) is 0 Å². The molecule has 0 bridgehead atoms. The number of nitrogens with zero attached hydrogens (tertiary/aromatic N) is 3. The standard InChI is InChI=1S/C14H19N3S/c1-4-5-9-16(3)17-13-12(7-6-8-15-13)10-11(2)14(17)18/h6-8,10H,4-5,9H2,1-3H3. The SMILES string of the molecule is CCCCN(C)n1c(=S)c(C)cc2cccnc21. The fraction of sp³-hybridized carbons (Fsp3) is 0.429. The van der Waals surface area contributed by atoms with Gasteiger partial charge in [0.25, 0.3) is 0 Å². The summed E-state index contributed by atoms with van der Waals surface area (Å²) in [5.74, 6) is 0. The van der Waals surface area contributed by atoms with Crippen molar-refractivity contribution in [3.05, 3.63) is 34.6 Å². The molecule has 2 aromatic rings. The Labute approximate surface area is 113 Å². The van der Waals surface area contributed by atoms with Crippen molar-refractivity contribution in [2.24, 2.45) is 0 Å². The van der Waals surface area contributed by atoms with Crippen LogP contribution in [0.3, 0.4) is 0 Å². The van der Waals surface area contributed by atoms with E-state index in [1.165, 1.54) is 6.42 Å². The van der Waals surface area contributed by atoms with Crippen molar-refractivity contribution >= 4 is 23.3 Å². The van der Waals surface area contributed by atoms with Crippen LogP contribution in [0.15, 0.2) is 24.4 Å². The zero-order chi connectivity index (χ0) is 13.1. The molecule has 0 N–H and O–H groups in total. The van der Waals surface area contributed by atoms with Crippen molar-refractivity contribution < 1.29 is 0 Å². The van der Waals surface area contributed by atoms with Crippen LogP contribution in [0.5, 0.6) is 0 Å². The minimum atomic E-state index is 0.847. The van der Waals surface area contributed by atoms with E-state index < -0.39 is 0 Å². The van der Waals surface area contributed by atoms with Crippen LogP contribution in [0.4, 0.5) is 0 Å². The van der Waals surface area contributed by atoms with Crippen molar-refractivity contribution in [2.75, 3.05) is 18.6 Å². The van der Waals surface area contributed by atoms with Crippen LogP contribution in [0.2, 0.25) is 0 Å². The zero-order valence-electron chi connectivity index (χ0n) is 11.2. The highest BCUT2D eigenvalue weighted by atomic mass is 32.1. The van der Waals surface area contributed by atoms with Gasteiger partial charge < -0.3 is 5.01 Å². The summed E-state index contributed by atoms with van der Waals surface area (Å²) < 4.78 is 2.90. The Morgan fingerprint density at radius 3 is 2.94 bits per heavy atom. The summed E-state index contributed by atoms with van der Waals surface area (Å²) in [5, 5.41) is 3.29. The largest absolute Gasteiger partial charge is 0.313 e. The molecule has 18 heavy (non-hydrogen) atoms. The summed E-state index contributed by atoms with van der Waals surface area (Å²) in [4.78, 5) is 4.47. The van der Waals surface area contributed by atoms with Crippen LogP contribution in [0.1, 0.15) is 25.3 Å². The third-order valence-electron chi connectivity index (χ3n) is 3.10. The Morgan fingerprint density at radius 1 is 1.44 bits per heavy atom. The summed E-state index contributed by atoms with van der Waals surface area (Å²) in [6.07, 6.45) is 4.14. The van der Waals surface area contributed by atoms with Crippen molar-refractivity contribution in [3.8, 4) is 0 Å². The molecule has 0 aliphatic carbocycles. The van der Waals surface area contributed by atoms with Crippen LogP contribution in [-0.4, -0.2) is 23.3 Å². The summed E-state index contributed by atoms with van der Waals surface area (Å²) in [7, 11) is 2.07. The molecule has 0 saturated heterocycles. The normalized spacial score (nSPS) is 10.8. The first-order valence-electron chi connectivity index (χ1n) is 6.34. The lowest BCUT2D eigenvalue weighted by molar-refractivity contribution is 0.618. The van der Waals surface area contributed by atoms with Gasteiger partial charge in [-0.05, 0) is 37.1 Å². The molecule has 0 saturated carbocycles. The third kappa shape index (κ3) is 2.38. The summed E-state index contributed by atoms with van der Waals surface area (Å²) in [6, 6.07) is 6.14. The van der Waals surface area contributed by atoms with E-state index in [-0.39, 0.29) is 0 Å². The molecule has 2 heterocycles. The Balaban J connectivity index is 2.60. The molecule has 2 aromatic heterocycles. The second-order valence-corrected chi connectivity index (χ2v) is 4.98. The molecule has 0 spiro atoms. The van der Waals surface area contributed by atoms with Gasteiger partial charge in [-0.1, -0.05) is 25.6 Å². The maximum atomic E-state index is 5.53. The maximum absolute atomic E-state index is 5.53. The van der Waals surface area contributed by atoms with E-state index >= 15 is 0 Å². The van der Waals surface area contributed by atoms with Crippen molar-refractivity contribution in [2.45, 2.75) is 26.7 Å². The number of aryl methyl sites for hydroxylation is 1. The molecule has 0 aliphatic heterocycles. The average Bonchev–Trinajstić information content (AvgIpc) is 2.37. The molecule has 0 amide bonds. The number of hydrogen-bond acceptors (Lipinski definition) is 3. The molecule has 0 aliphatic rings. The molecule has 0 atom stereocenters. The van der Waals surface area contributed by atoms with Crippen LogP contribution >= 0.6 is 12.2 Å². The molecule has 0 unspecified atom stereocenters. The smallest absolute Gasteiger partial charge is 0.159 e. The lowest BCUT2D eigenvalue weighted by Crippen LogP contribution is -2.32. The van der Waals surface area contributed by atoms with Gasteiger partial charge in [-0.15, -0.1) is 0 Å². The van der Waals surface area contributed by atoms with Gasteiger partial charge in [0.1, 0.15) is 4.64 Å². The summed E-state index contributed by atoms with van der Waals surface area (Å²) >= 11 is 5.53. The molecule has 0 fully saturated rings. The van der Waals surface area contributed by atoms with Gasteiger partial charge in [0, 0.05) is 25.2 Å². The predicted molar refractivity (Wildman–Crippen MR) is 79.2 cm³/mol. The van der Waals surface area contributed by atoms with Gasteiger partial charge in [-0.2, -0.15) is 0 Å². The lowest BCUT2D eigenvalue weighted by atomic mass is 10.2. The van der Waals surface area contributed by atoms with Crippen LogP contribution in [0.25, 0.3) is 11.0 Å². The van der Waals surface area contributed by atoms with E-state index in [0.29, 0.717) is 0 Å². The van der Waals surface area contributed by atoms with Gasteiger partial charge in [0.05, 0.1) is 0 Å². The number of hydrogen-bond donors (Lipinski definition) is 0. The van der Waals surface area contributed by atoms with Gasteiger partial charge in [0.15, 0.2) is 5.65 Å². The Morgan fingerprint density at radius 2 is 2.22 bits per heavy atom. The van der Waals surface area contributed by atoms with Crippen molar-refractivity contribution in [1.29, 1.82) is 0 Å². The molecular weight excluding hydrogens is 242 g/mol. The Hall–Kier alpha value is -1.42. The van der Waals surface area contributed by atoms with E-state index in [4.69, 9.17) is 12.2 Å². The van der Waals surface area contributed by atoms with Crippen LogP contribution in [-0.2, 0) is 0 Å². The number of aromatic nitrogens is 2. The van der Waals surface area contributed by atoms with Crippen LogP contribution < -0.4 is 5.01 Å². The average molecular weight is 261 g/mol. The maximum Gasteiger partial charge on any atom is 0.159 e. The van der Waals surface area contributed by atoms with Crippen LogP contribution in [0, 0.1) is 11.6 Å². The molecule has 2 rings (SSSR count). The minimum Gasteiger partial charge on any atom is -0.313 e. The number of fused-ring (bicyclic) bond motifs is 1. The van der Waals surface area contributed by atoms with E-state index in [9.17, 15) is 0 Å². The molecule has 0 aromatic carbocycles. The summed E-state index contributed by atoms with van der Waals surface area (Å²) in [6.45, 7) is 5.23. The number of rotatable bonds is 4. The first-order chi connectivity index (χ1) is 8.65. The topological polar surface area (TPSA) is 21.1 Å². The van der Waals surface area contributed by atoms with Gasteiger partial charge in [-0.3, -0.25) is 0 Å². The van der Waals surface area contributed by atoms with E-state index in [1.54, 1.807) is 0 Å². The first kappa shape index (κ1) is 13.0. The molecule has 4 heteroatoms. The van der Waals surface area contributed by atoms with Gasteiger partial charge in [-0.25, -0.2) is 9.66 Å². The van der Waals surface area contributed by atoms with Crippen molar-refractivity contribution in [1.82, 2.24) is 9.66 Å². The molecular formula is C14H19N3S. The van der Waals surface area contributed by atoms with E-state index in [1.807, 2.05) is 12.3 Å². The number of pyridine rings is 2. The highest BCUT2D eigenvalue weighted by Crippen LogP contribution is 2.15. The Bertz CT molecular complexity index is 604. The molecule has 0 radical (unpaired) electrons. The second-order valence-electron chi connectivity index (χ2n) is 4.60. The highest BCUT2D eigenvalue weighted by molar-refractivity contribution is 7.71.